The summed E-state index contributed by atoms with van der Waals surface area (Å²) in [4.78, 5) is 12.8. The van der Waals surface area contributed by atoms with Crippen molar-refractivity contribution in [1.82, 2.24) is 5.32 Å². The molecule has 1 N–H and O–H groups in total. The minimum atomic E-state index is -3.46. The zero-order chi connectivity index (χ0) is 21.0. The van der Waals surface area contributed by atoms with Crippen LogP contribution >= 0.6 is 0 Å². The number of sulfonamides is 1. The van der Waals surface area contributed by atoms with Gasteiger partial charge in [-0.3, -0.25) is 9.10 Å². The molecule has 0 saturated carbocycles. The number of hydrogen-bond acceptors (Lipinski definition) is 4. The molecule has 0 fully saturated rings. The molecule has 1 atom stereocenters. The van der Waals surface area contributed by atoms with Crippen molar-refractivity contribution >= 4 is 21.6 Å². The summed E-state index contributed by atoms with van der Waals surface area (Å²) in [5, 5.41) is 2.97. The first-order valence-electron chi connectivity index (χ1n) is 9.95. The lowest BCUT2D eigenvalue weighted by atomic mass is 10.0. The monoisotopic (exact) mass is 416 g/mol. The molecule has 2 aromatic carbocycles. The first-order valence-corrected chi connectivity index (χ1v) is 11.8. The summed E-state index contributed by atoms with van der Waals surface area (Å²) in [5.41, 5.74) is 4.01. The number of aryl methyl sites for hydroxylation is 2. The van der Waals surface area contributed by atoms with Gasteiger partial charge in [-0.25, -0.2) is 8.42 Å². The summed E-state index contributed by atoms with van der Waals surface area (Å²) in [5.74, 6) is 0.164. The highest BCUT2D eigenvalue weighted by molar-refractivity contribution is 7.92. The molecule has 156 valence electrons. The minimum Gasteiger partial charge on any atom is -0.478 e. The first-order chi connectivity index (χ1) is 13.8. The Kier molecular flexibility index (Phi) is 6.47. The third-order valence-corrected chi connectivity index (χ3v) is 6.38. The van der Waals surface area contributed by atoms with E-state index in [9.17, 15) is 13.2 Å². The molecular formula is C22H28N2O4S. The van der Waals surface area contributed by atoms with Crippen molar-refractivity contribution in [2.24, 2.45) is 0 Å². The Balaban J connectivity index is 1.76. The number of nitrogens with one attached hydrogen (secondary N) is 1. The number of ether oxygens (including phenoxy) is 1. The Hall–Kier alpha value is -2.54. The third-order valence-electron chi connectivity index (χ3n) is 5.20. The number of para-hydroxylation sites is 2. The molecule has 2 aromatic rings. The highest BCUT2D eigenvalue weighted by atomic mass is 32.2. The van der Waals surface area contributed by atoms with E-state index in [1.165, 1.54) is 15.4 Å². The van der Waals surface area contributed by atoms with E-state index in [4.69, 9.17) is 4.74 Å². The lowest BCUT2D eigenvalue weighted by Crippen LogP contribution is -2.39. The van der Waals surface area contributed by atoms with Crippen LogP contribution < -0.4 is 14.4 Å². The van der Waals surface area contributed by atoms with Crippen molar-refractivity contribution in [2.45, 2.75) is 45.8 Å². The zero-order valence-corrected chi connectivity index (χ0v) is 18.0. The van der Waals surface area contributed by atoms with E-state index in [0.29, 0.717) is 18.0 Å². The number of carbonyl (C=O) groups excluding carboxylic acids is 1. The minimum absolute atomic E-state index is 0.194. The molecule has 0 aliphatic carbocycles. The maximum absolute atomic E-state index is 12.8. The van der Waals surface area contributed by atoms with E-state index in [-0.39, 0.29) is 18.9 Å². The van der Waals surface area contributed by atoms with Crippen LogP contribution in [0.15, 0.2) is 42.5 Å². The molecule has 6 nitrogen and oxygen atoms in total. The molecule has 1 aliphatic heterocycles. The van der Waals surface area contributed by atoms with E-state index in [2.05, 4.69) is 37.4 Å². The molecule has 0 saturated heterocycles. The summed E-state index contributed by atoms with van der Waals surface area (Å²) >= 11 is 0. The second kappa shape index (κ2) is 8.86. The fourth-order valence-corrected chi connectivity index (χ4v) is 4.51. The molecule has 0 aromatic heterocycles. The van der Waals surface area contributed by atoms with Gasteiger partial charge in [0.2, 0.25) is 10.0 Å². The Morgan fingerprint density at radius 3 is 2.59 bits per heavy atom. The van der Waals surface area contributed by atoms with Gasteiger partial charge in [0, 0.05) is 19.5 Å². The second-order valence-electron chi connectivity index (χ2n) is 7.23. The van der Waals surface area contributed by atoms with Crippen LogP contribution in [0.25, 0.3) is 0 Å². The predicted octanol–water partition coefficient (Wildman–Crippen LogP) is 3.04. The third kappa shape index (κ3) is 4.90. The average Bonchev–Trinajstić information content (AvgIpc) is 2.91. The smallest absolute Gasteiger partial charge is 0.261 e. The second-order valence-corrected chi connectivity index (χ2v) is 9.13. The van der Waals surface area contributed by atoms with E-state index in [1.54, 1.807) is 24.3 Å². The fraction of sp³-hybridized carbons (Fsp3) is 0.409. The average molecular weight is 417 g/mol. The van der Waals surface area contributed by atoms with Crippen LogP contribution in [0.1, 0.15) is 37.0 Å². The van der Waals surface area contributed by atoms with E-state index in [1.807, 2.05) is 0 Å². The first kappa shape index (κ1) is 21.2. The number of carbonyl (C=O) groups is 1. The highest BCUT2D eigenvalue weighted by Gasteiger charge is 2.30. The standard InChI is InChI=1S/C22H28N2O4S/c1-4-16-10-11-17(5-2)18(14-16)15-23-22(25)21-12-13-24(29(3,26)27)19-8-6-7-9-20(19)28-21/h6-11,14,21H,4-5,12-13,15H2,1-3H3,(H,23,25)/t21-/m0/s1. The fourth-order valence-electron chi connectivity index (χ4n) is 3.56. The summed E-state index contributed by atoms with van der Waals surface area (Å²) in [6.07, 6.45) is 2.53. The molecule has 29 heavy (non-hydrogen) atoms. The number of rotatable bonds is 6. The van der Waals surface area contributed by atoms with Crippen molar-refractivity contribution in [1.29, 1.82) is 0 Å². The molecule has 0 unspecified atom stereocenters. The van der Waals surface area contributed by atoms with Gasteiger partial charge in [-0.2, -0.15) is 0 Å². The van der Waals surface area contributed by atoms with Crippen LogP contribution in [-0.2, 0) is 34.2 Å². The summed E-state index contributed by atoms with van der Waals surface area (Å²) < 4.78 is 31.6. The largest absolute Gasteiger partial charge is 0.478 e. The molecule has 7 heteroatoms. The van der Waals surface area contributed by atoms with Crippen LogP contribution in [-0.4, -0.2) is 33.2 Å². The summed E-state index contributed by atoms with van der Waals surface area (Å²) in [6, 6.07) is 13.3. The SMILES string of the molecule is CCc1ccc(CC)c(CNC(=O)[C@@H]2CCN(S(C)(=O)=O)c3ccccc3O2)c1. The molecule has 1 heterocycles. The molecule has 1 aliphatic rings. The lowest BCUT2D eigenvalue weighted by molar-refractivity contribution is -0.128. The molecule has 0 bridgehead atoms. The van der Waals surface area contributed by atoms with Crippen molar-refractivity contribution in [3.8, 4) is 5.75 Å². The Labute approximate surface area is 172 Å². The van der Waals surface area contributed by atoms with Crippen LogP contribution in [0.4, 0.5) is 5.69 Å². The molecule has 1 amide bonds. The van der Waals surface area contributed by atoms with E-state index < -0.39 is 16.1 Å². The molecule has 3 rings (SSSR count). The Morgan fingerprint density at radius 1 is 1.14 bits per heavy atom. The number of nitrogens with zero attached hydrogens (tertiary/aromatic N) is 1. The lowest BCUT2D eigenvalue weighted by Gasteiger charge is -2.20. The van der Waals surface area contributed by atoms with Gasteiger partial charge in [-0.05, 0) is 41.7 Å². The molecular weight excluding hydrogens is 388 g/mol. The van der Waals surface area contributed by atoms with Gasteiger partial charge < -0.3 is 10.1 Å². The number of fused-ring (bicyclic) bond motifs is 1. The van der Waals surface area contributed by atoms with Gasteiger partial charge in [0.1, 0.15) is 5.75 Å². The van der Waals surface area contributed by atoms with E-state index >= 15 is 0 Å². The maximum Gasteiger partial charge on any atom is 0.261 e. The van der Waals surface area contributed by atoms with Crippen LogP contribution in [0.2, 0.25) is 0 Å². The van der Waals surface area contributed by atoms with Crippen molar-refractivity contribution in [2.75, 3.05) is 17.1 Å². The van der Waals surface area contributed by atoms with Gasteiger partial charge in [-0.1, -0.05) is 44.2 Å². The maximum atomic E-state index is 12.8. The quantitative estimate of drug-likeness (QED) is 0.785. The highest BCUT2D eigenvalue weighted by Crippen LogP contribution is 2.33. The van der Waals surface area contributed by atoms with Crippen LogP contribution in [0.5, 0.6) is 5.75 Å². The van der Waals surface area contributed by atoms with Crippen LogP contribution in [0, 0.1) is 0 Å². The number of anilines is 1. The van der Waals surface area contributed by atoms with Crippen LogP contribution in [0.3, 0.4) is 0 Å². The van der Waals surface area contributed by atoms with Crippen molar-refractivity contribution in [3.05, 3.63) is 59.2 Å². The normalized spacial score (nSPS) is 16.5. The molecule has 0 spiro atoms. The summed E-state index contributed by atoms with van der Waals surface area (Å²) in [6.45, 7) is 4.82. The van der Waals surface area contributed by atoms with Gasteiger partial charge in [0.25, 0.3) is 5.91 Å². The zero-order valence-electron chi connectivity index (χ0n) is 17.1. The van der Waals surface area contributed by atoms with Crippen molar-refractivity contribution in [3.63, 3.8) is 0 Å². The van der Waals surface area contributed by atoms with Gasteiger partial charge in [-0.15, -0.1) is 0 Å². The Bertz CT molecular complexity index is 988. The Morgan fingerprint density at radius 2 is 1.90 bits per heavy atom. The molecule has 0 radical (unpaired) electrons. The number of hydrogen-bond donors (Lipinski definition) is 1. The van der Waals surface area contributed by atoms with Crippen molar-refractivity contribution < 1.29 is 17.9 Å². The number of benzene rings is 2. The van der Waals surface area contributed by atoms with Gasteiger partial charge in [0.05, 0.1) is 11.9 Å². The summed E-state index contributed by atoms with van der Waals surface area (Å²) in [7, 11) is -3.46. The van der Waals surface area contributed by atoms with E-state index in [0.717, 1.165) is 24.7 Å². The van der Waals surface area contributed by atoms with Gasteiger partial charge in [0.15, 0.2) is 6.10 Å². The van der Waals surface area contributed by atoms with Gasteiger partial charge >= 0.3 is 0 Å². The topological polar surface area (TPSA) is 75.7 Å². The number of amides is 1. The predicted molar refractivity (Wildman–Crippen MR) is 115 cm³/mol.